The summed E-state index contributed by atoms with van der Waals surface area (Å²) >= 11 is 1.45. The van der Waals surface area contributed by atoms with Crippen molar-refractivity contribution < 1.29 is 14.3 Å². The van der Waals surface area contributed by atoms with Crippen LogP contribution in [0.5, 0.6) is 0 Å². The third-order valence-electron chi connectivity index (χ3n) is 1.48. The Balaban J connectivity index is 1.96. The van der Waals surface area contributed by atoms with Gasteiger partial charge in [-0.15, -0.1) is 0 Å². The maximum atomic E-state index is 10.6. The number of carbonyl (C=O) groups excluding carboxylic acids is 1. The number of hydrogen-bond donors (Lipinski definition) is 0. The summed E-state index contributed by atoms with van der Waals surface area (Å²) in [7, 11) is 0. The lowest BCUT2D eigenvalue weighted by atomic mass is 10.5. The fourth-order valence-corrected chi connectivity index (χ4v) is 1.78. The first-order valence-corrected chi connectivity index (χ1v) is 4.62. The molecule has 0 saturated carbocycles. The van der Waals surface area contributed by atoms with Gasteiger partial charge in [-0.25, -0.2) is 4.79 Å². The Labute approximate surface area is 79.3 Å². The molecular weight excluding hydrogens is 190 g/mol. The molecule has 4 nitrogen and oxygen atoms in total. The molecule has 68 valence electrons. The molecule has 1 saturated heterocycles. The second kappa shape index (κ2) is 3.66. The van der Waals surface area contributed by atoms with Crippen molar-refractivity contribution in [1.29, 1.82) is 0 Å². The smallest absolute Gasteiger partial charge is 0.429 e. The van der Waals surface area contributed by atoms with Crippen molar-refractivity contribution in [2.24, 2.45) is 0 Å². The number of hydrogen-bond acceptors (Lipinski definition) is 5. The van der Waals surface area contributed by atoms with Crippen LogP contribution in [0.25, 0.3) is 0 Å². The van der Waals surface area contributed by atoms with Crippen molar-refractivity contribution in [1.82, 2.24) is 4.98 Å². The molecule has 1 unspecified atom stereocenters. The largest absolute Gasteiger partial charge is 0.509 e. The first-order valence-electron chi connectivity index (χ1n) is 3.75. The van der Waals surface area contributed by atoms with Crippen LogP contribution in [-0.4, -0.2) is 23.2 Å². The minimum atomic E-state index is -0.591. The van der Waals surface area contributed by atoms with Crippen molar-refractivity contribution in [3.05, 3.63) is 24.5 Å². The van der Waals surface area contributed by atoms with E-state index in [9.17, 15) is 4.79 Å². The Morgan fingerprint density at radius 2 is 2.23 bits per heavy atom. The topological polar surface area (TPSA) is 48.4 Å². The van der Waals surface area contributed by atoms with Gasteiger partial charge in [-0.1, -0.05) is 11.8 Å². The number of cyclic esters (lactones) is 2. The van der Waals surface area contributed by atoms with Gasteiger partial charge in [-0.2, -0.15) is 0 Å². The second-order valence-corrected chi connectivity index (χ2v) is 3.64. The van der Waals surface area contributed by atoms with Crippen LogP contribution in [0.4, 0.5) is 4.79 Å². The summed E-state index contributed by atoms with van der Waals surface area (Å²) in [5, 5.41) is 0. The highest BCUT2D eigenvalue weighted by molar-refractivity contribution is 7.99. The number of thioether (sulfide) groups is 1. The number of ether oxygens (including phenoxy) is 2. The molecule has 5 heteroatoms. The van der Waals surface area contributed by atoms with Crippen molar-refractivity contribution in [3.63, 3.8) is 0 Å². The van der Waals surface area contributed by atoms with Gasteiger partial charge in [0.15, 0.2) is 5.44 Å². The molecule has 1 fully saturated rings. The zero-order valence-corrected chi connectivity index (χ0v) is 7.49. The Bertz CT molecular complexity index is 304. The Morgan fingerprint density at radius 1 is 1.46 bits per heavy atom. The maximum Gasteiger partial charge on any atom is 0.509 e. The van der Waals surface area contributed by atoms with Crippen LogP contribution < -0.4 is 0 Å². The Hall–Kier alpha value is -1.23. The molecule has 0 aliphatic carbocycles. The van der Waals surface area contributed by atoms with Crippen molar-refractivity contribution in [3.8, 4) is 0 Å². The molecule has 0 spiro atoms. The highest BCUT2D eigenvalue weighted by Gasteiger charge is 2.25. The molecule has 0 N–H and O–H groups in total. The first kappa shape index (κ1) is 8.37. The van der Waals surface area contributed by atoms with Crippen molar-refractivity contribution in [2.75, 3.05) is 6.61 Å². The third-order valence-corrected chi connectivity index (χ3v) is 2.52. The summed E-state index contributed by atoms with van der Waals surface area (Å²) in [6.45, 7) is 0.311. The van der Waals surface area contributed by atoms with E-state index in [1.54, 1.807) is 12.4 Å². The van der Waals surface area contributed by atoms with Crippen LogP contribution >= 0.6 is 11.8 Å². The quantitative estimate of drug-likeness (QED) is 0.675. The van der Waals surface area contributed by atoms with Gasteiger partial charge in [0.25, 0.3) is 0 Å². The van der Waals surface area contributed by atoms with Gasteiger partial charge < -0.3 is 9.47 Å². The number of rotatable bonds is 2. The van der Waals surface area contributed by atoms with Gasteiger partial charge in [0.05, 0.1) is 0 Å². The molecule has 0 amide bonds. The molecule has 1 aromatic heterocycles. The molecular formula is C8H7NO3S. The van der Waals surface area contributed by atoms with Crippen LogP contribution in [0.3, 0.4) is 0 Å². The number of carbonyl (C=O) groups is 1. The normalized spacial score (nSPS) is 20.9. The lowest BCUT2D eigenvalue weighted by molar-refractivity contribution is 0.129. The van der Waals surface area contributed by atoms with E-state index in [2.05, 4.69) is 9.72 Å². The van der Waals surface area contributed by atoms with Gasteiger partial charge in [-0.05, 0) is 12.1 Å². The van der Waals surface area contributed by atoms with Crippen molar-refractivity contribution >= 4 is 17.9 Å². The monoisotopic (exact) mass is 197 g/mol. The SMILES string of the molecule is O=C1OCC(Sc2ccncc2)O1. The Morgan fingerprint density at radius 3 is 2.85 bits per heavy atom. The fraction of sp³-hybridized carbons (Fsp3) is 0.250. The first-order chi connectivity index (χ1) is 6.34. The minimum Gasteiger partial charge on any atom is -0.429 e. The molecule has 0 aromatic carbocycles. The highest BCUT2D eigenvalue weighted by atomic mass is 32.2. The second-order valence-electron chi connectivity index (χ2n) is 2.41. The molecule has 1 aromatic rings. The number of aromatic nitrogens is 1. The molecule has 2 rings (SSSR count). The fourth-order valence-electron chi connectivity index (χ4n) is 0.938. The third kappa shape index (κ3) is 2.12. The molecule has 13 heavy (non-hydrogen) atoms. The molecule has 1 atom stereocenters. The average molecular weight is 197 g/mol. The summed E-state index contributed by atoms with van der Waals surface area (Å²) in [4.78, 5) is 15.5. The molecule has 2 heterocycles. The molecule has 1 aliphatic heterocycles. The predicted octanol–water partition coefficient (Wildman–Crippen LogP) is 1.67. The van der Waals surface area contributed by atoms with Crippen LogP contribution in [-0.2, 0) is 9.47 Å². The average Bonchev–Trinajstić information content (AvgIpc) is 2.53. The highest BCUT2D eigenvalue weighted by Crippen LogP contribution is 2.26. The molecule has 0 bridgehead atoms. The zero-order chi connectivity index (χ0) is 9.10. The number of nitrogens with zero attached hydrogens (tertiary/aromatic N) is 1. The summed E-state index contributed by atoms with van der Waals surface area (Å²) in [5.41, 5.74) is -0.227. The molecule has 0 radical (unpaired) electrons. The van der Waals surface area contributed by atoms with Crippen LogP contribution in [0, 0.1) is 0 Å². The van der Waals surface area contributed by atoms with E-state index >= 15 is 0 Å². The maximum absolute atomic E-state index is 10.6. The van der Waals surface area contributed by atoms with Crippen LogP contribution in [0.2, 0.25) is 0 Å². The van der Waals surface area contributed by atoms with E-state index in [1.807, 2.05) is 12.1 Å². The van der Waals surface area contributed by atoms with E-state index < -0.39 is 6.16 Å². The number of pyridine rings is 1. The van der Waals surface area contributed by atoms with E-state index in [0.29, 0.717) is 6.61 Å². The lowest BCUT2D eigenvalue weighted by Crippen LogP contribution is -2.03. The summed E-state index contributed by atoms with van der Waals surface area (Å²) in [6, 6.07) is 3.72. The Kier molecular flexibility index (Phi) is 2.35. The van der Waals surface area contributed by atoms with E-state index in [-0.39, 0.29) is 5.44 Å². The van der Waals surface area contributed by atoms with Gasteiger partial charge >= 0.3 is 6.16 Å². The summed E-state index contributed by atoms with van der Waals surface area (Å²) in [5.74, 6) is 0. The standard InChI is InChI=1S/C8H7NO3S/c10-8-11-5-7(12-8)13-6-1-3-9-4-2-6/h1-4,7H,5H2. The van der Waals surface area contributed by atoms with E-state index in [0.717, 1.165) is 4.90 Å². The van der Waals surface area contributed by atoms with Gasteiger partial charge in [0.2, 0.25) is 0 Å². The minimum absolute atomic E-state index is 0.227. The van der Waals surface area contributed by atoms with Gasteiger partial charge in [0, 0.05) is 17.3 Å². The van der Waals surface area contributed by atoms with Gasteiger partial charge in [-0.3, -0.25) is 4.98 Å². The summed E-state index contributed by atoms with van der Waals surface area (Å²) in [6.07, 6.45) is 2.80. The van der Waals surface area contributed by atoms with Crippen molar-refractivity contribution in [2.45, 2.75) is 10.3 Å². The summed E-state index contributed by atoms with van der Waals surface area (Å²) < 4.78 is 9.49. The van der Waals surface area contributed by atoms with Crippen LogP contribution in [0.15, 0.2) is 29.4 Å². The van der Waals surface area contributed by atoms with E-state index in [4.69, 9.17) is 4.74 Å². The van der Waals surface area contributed by atoms with E-state index in [1.165, 1.54) is 11.8 Å². The lowest BCUT2D eigenvalue weighted by Gasteiger charge is -2.04. The predicted molar refractivity (Wildman–Crippen MR) is 46.3 cm³/mol. The van der Waals surface area contributed by atoms with Gasteiger partial charge in [0.1, 0.15) is 6.61 Å². The zero-order valence-electron chi connectivity index (χ0n) is 6.67. The molecule has 1 aliphatic rings. The van der Waals surface area contributed by atoms with Crippen LogP contribution in [0.1, 0.15) is 0 Å².